The molecule has 1 aliphatic carbocycles. The number of nitrogens with one attached hydrogen (secondary N) is 2. The van der Waals surface area contributed by atoms with Gasteiger partial charge in [-0.05, 0) is 162 Å². The van der Waals surface area contributed by atoms with E-state index in [0.29, 0.717) is 45.0 Å². The van der Waals surface area contributed by atoms with Gasteiger partial charge in [-0.25, -0.2) is 29.1 Å². The molecule has 8 bridgehead atoms. The molecule has 12 nitrogen and oxygen atoms in total. The number of rotatable bonds is 8. The van der Waals surface area contributed by atoms with Crippen LogP contribution in [0.4, 0.5) is 0 Å². The predicted molar refractivity (Wildman–Crippen MR) is 382 cm³/mol. The minimum Gasteiger partial charge on any atom is -0.465 e. The van der Waals surface area contributed by atoms with Gasteiger partial charge in [-0.2, -0.15) is 0 Å². The Morgan fingerprint density at radius 2 is 0.448 bits per heavy atom. The molecule has 0 saturated heterocycles. The van der Waals surface area contributed by atoms with E-state index in [0.717, 1.165) is 153 Å². The first kappa shape index (κ1) is 57.1. The third kappa shape index (κ3) is 9.13. The van der Waals surface area contributed by atoms with E-state index in [1.54, 1.807) is 48.5 Å². The van der Waals surface area contributed by atoms with Crippen LogP contribution >= 0.6 is 0 Å². The molecule has 0 fully saturated rings. The molecule has 2 N–H and O–H groups in total. The molecule has 4 heterocycles. The van der Waals surface area contributed by atoms with Crippen molar-refractivity contribution in [3.63, 3.8) is 0 Å². The van der Waals surface area contributed by atoms with Gasteiger partial charge in [-0.1, -0.05) is 146 Å². The number of benzene rings is 12. The van der Waals surface area contributed by atoms with E-state index < -0.39 is 23.9 Å². The zero-order valence-corrected chi connectivity index (χ0v) is 52.3. The number of carbonyl (C=O) groups excluding carboxylic acids is 4. The molecule has 0 radical (unpaired) electrons. The van der Waals surface area contributed by atoms with E-state index in [1.165, 1.54) is 28.4 Å². The third-order valence-electron chi connectivity index (χ3n) is 18.9. The van der Waals surface area contributed by atoms with Gasteiger partial charge in [0.25, 0.3) is 0 Å². The normalized spacial score (nSPS) is 11.7. The van der Waals surface area contributed by atoms with Gasteiger partial charge in [0, 0.05) is 66.1 Å². The molecule has 12 aromatic carbocycles. The summed E-state index contributed by atoms with van der Waals surface area (Å²) in [6, 6.07) is 81.0. The fourth-order valence-electron chi connectivity index (χ4n) is 14.3. The van der Waals surface area contributed by atoms with E-state index in [-0.39, 0.29) is 0 Å². The lowest BCUT2D eigenvalue weighted by Crippen LogP contribution is -2.00. The van der Waals surface area contributed by atoms with Gasteiger partial charge in [-0.15, -0.1) is 0 Å². The first-order valence-corrected chi connectivity index (χ1v) is 31.4. The Kier molecular flexibility index (Phi) is 13.4. The molecule has 17 rings (SSSR count). The molecule has 0 spiro atoms. The summed E-state index contributed by atoms with van der Waals surface area (Å²) in [5, 5.41) is 11.4. The molecule has 3 aliphatic rings. The number of hydrogen-bond acceptors (Lipinski definition) is 10. The number of ether oxygens (including phenoxy) is 4. The van der Waals surface area contributed by atoms with Gasteiger partial charge in [0.2, 0.25) is 0 Å². The molecule has 96 heavy (non-hydrogen) atoms. The van der Waals surface area contributed by atoms with Crippen LogP contribution in [0.1, 0.15) is 41.4 Å². The van der Waals surface area contributed by atoms with Crippen LogP contribution in [0, 0.1) is 0 Å². The molecule has 12 heteroatoms. The second-order valence-corrected chi connectivity index (χ2v) is 24.1. The van der Waals surface area contributed by atoms with Gasteiger partial charge in [0.05, 0.1) is 95.5 Å². The van der Waals surface area contributed by atoms with Crippen LogP contribution in [0.25, 0.3) is 176 Å². The lowest BCUT2D eigenvalue weighted by atomic mass is 9.91. The zero-order valence-electron chi connectivity index (χ0n) is 52.3. The van der Waals surface area contributed by atoms with Crippen LogP contribution in [-0.4, -0.2) is 72.3 Å². The highest BCUT2D eigenvalue weighted by atomic mass is 16.5. The molecule has 14 aromatic rings. The number of methoxy groups -OCH3 is 4. The number of esters is 4. The van der Waals surface area contributed by atoms with Crippen molar-refractivity contribution in [3.8, 4) is 89.5 Å². The molecule has 2 aromatic heterocycles. The van der Waals surface area contributed by atoms with Crippen LogP contribution in [0.5, 0.6) is 0 Å². The standard InChI is InChI=1S/C84H54N4O8/c1-93-81(89)49-29-21-45(22-30-49)69-73-61-37-53-13-5-7-15-55(53)39-63(61)75(85-73)70(46-23-31-50(32-24-46)82(90)94-2)77-65-41-57-17-9-11-19-59(57)43-67(65)79(87-77)72(48-27-35-52(36-28-48)84(92)96-4)80-68-44-60-20-12-10-18-58(60)42-66(68)78(88-80)71(47-25-33-51(34-26-47)83(91)95-3)76-64-40-56-16-8-6-14-54(56)38-62(64)74(69)86-76/h5-44,85,88H,1-4H3. The molecule has 0 saturated carbocycles. The number of hydrogen-bond donors (Lipinski definition) is 2. The van der Waals surface area contributed by atoms with Gasteiger partial charge in [0.15, 0.2) is 0 Å². The van der Waals surface area contributed by atoms with Crippen molar-refractivity contribution in [3.05, 3.63) is 265 Å². The second-order valence-electron chi connectivity index (χ2n) is 24.1. The number of H-pyrrole nitrogens is 2. The Morgan fingerprint density at radius 1 is 0.260 bits per heavy atom. The summed E-state index contributed by atoms with van der Waals surface area (Å²) in [5.74, 6) is -1.91. The first-order chi connectivity index (χ1) is 47.0. The maximum absolute atomic E-state index is 13.4. The maximum atomic E-state index is 13.4. The average molecular weight is 1250 g/mol. The molecule has 458 valence electrons. The van der Waals surface area contributed by atoms with E-state index >= 15 is 0 Å². The SMILES string of the molecule is COC(=O)c1ccc(-c2c3nc(c(-c4ccc(C(=O)OC)cc4)c4[nH]c(c(-c5ccc(C(=O)OC)cc5)c5nc(c(-c6ccc(C(=O)OC)cc6)c6[nH]c2c2cc7ccccc7cc62)-c2cc6ccccc6cc2-5)c2cc5ccccc5cc42)-c2cc4ccccc4cc2-3)cc1. The predicted octanol–water partition coefficient (Wildman–Crippen LogP) is 19.7. The van der Waals surface area contributed by atoms with Crippen LogP contribution in [0.2, 0.25) is 0 Å². The summed E-state index contributed by atoms with van der Waals surface area (Å²) < 4.78 is 21.2. The van der Waals surface area contributed by atoms with E-state index in [9.17, 15) is 19.2 Å². The van der Waals surface area contributed by atoms with Gasteiger partial charge in [-0.3, -0.25) is 0 Å². The Bertz CT molecular complexity index is 5340. The van der Waals surface area contributed by atoms with Crippen molar-refractivity contribution in [2.24, 2.45) is 0 Å². The highest BCUT2D eigenvalue weighted by Gasteiger charge is 2.32. The number of carbonyl (C=O) groups is 4. The molecule has 0 unspecified atom stereocenters. The molecule has 0 atom stereocenters. The number of nitrogens with zero attached hydrogens (tertiary/aromatic N) is 2. The van der Waals surface area contributed by atoms with E-state index in [1.807, 2.05) is 97.1 Å². The topological polar surface area (TPSA) is 163 Å². The Labute approximate surface area is 548 Å². The van der Waals surface area contributed by atoms with Gasteiger partial charge in [0.1, 0.15) is 0 Å². The van der Waals surface area contributed by atoms with Crippen LogP contribution in [-0.2, 0) is 18.9 Å². The third-order valence-corrected chi connectivity index (χ3v) is 18.9. The summed E-state index contributed by atoms with van der Waals surface area (Å²) in [4.78, 5) is 74.2. The van der Waals surface area contributed by atoms with Crippen LogP contribution in [0.3, 0.4) is 0 Å². The number of aromatic amines is 2. The fourth-order valence-corrected chi connectivity index (χ4v) is 14.3. The Hall–Kier alpha value is -12.8. The van der Waals surface area contributed by atoms with Crippen molar-refractivity contribution >= 4 is 111 Å². The maximum Gasteiger partial charge on any atom is 0.337 e. The van der Waals surface area contributed by atoms with Crippen molar-refractivity contribution < 1.29 is 38.1 Å². The summed E-state index contributed by atoms with van der Waals surface area (Å²) in [6.07, 6.45) is 0. The fraction of sp³-hybridized carbons (Fsp3) is 0.0476. The summed E-state index contributed by atoms with van der Waals surface area (Å²) in [7, 11) is 5.51. The summed E-state index contributed by atoms with van der Waals surface area (Å²) >= 11 is 0. The second kappa shape index (κ2) is 22.5. The van der Waals surface area contributed by atoms with Crippen LogP contribution in [0.15, 0.2) is 243 Å². The minimum absolute atomic E-state index is 0.372. The van der Waals surface area contributed by atoms with Crippen molar-refractivity contribution in [1.29, 1.82) is 0 Å². The number of fused-ring (bicyclic) bond motifs is 4. The summed E-state index contributed by atoms with van der Waals surface area (Å²) in [6.45, 7) is 0. The highest BCUT2D eigenvalue weighted by molar-refractivity contribution is 6.25. The Balaban J connectivity index is 1.20. The molecular formula is C84H54N4O8. The monoisotopic (exact) mass is 1250 g/mol. The van der Waals surface area contributed by atoms with Crippen molar-refractivity contribution in [2.45, 2.75) is 0 Å². The van der Waals surface area contributed by atoms with Crippen molar-refractivity contribution in [1.82, 2.24) is 19.9 Å². The lowest BCUT2D eigenvalue weighted by molar-refractivity contribution is 0.0592. The molecule has 2 aliphatic heterocycles. The van der Waals surface area contributed by atoms with Gasteiger partial charge < -0.3 is 28.9 Å². The van der Waals surface area contributed by atoms with Gasteiger partial charge >= 0.3 is 23.9 Å². The summed E-state index contributed by atoms with van der Waals surface area (Å²) in [5.41, 5.74) is 16.3. The van der Waals surface area contributed by atoms with E-state index in [2.05, 4.69) is 107 Å². The quantitative estimate of drug-likeness (QED) is 0.111. The molecule has 0 amide bonds. The van der Waals surface area contributed by atoms with E-state index in [4.69, 9.17) is 28.9 Å². The smallest absolute Gasteiger partial charge is 0.337 e. The number of aromatic nitrogens is 4. The minimum atomic E-state index is -0.477. The van der Waals surface area contributed by atoms with Crippen molar-refractivity contribution in [2.75, 3.05) is 28.4 Å². The molecular weight excluding hydrogens is 1190 g/mol. The Morgan fingerprint density at radius 3 is 0.635 bits per heavy atom. The van der Waals surface area contributed by atoms with Crippen LogP contribution < -0.4 is 0 Å². The highest BCUT2D eigenvalue weighted by Crippen LogP contribution is 2.54. The largest absolute Gasteiger partial charge is 0.465 e. The zero-order chi connectivity index (χ0) is 65.0. The first-order valence-electron chi connectivity index (χ1n) is 31.4. The average Bonchev–Trinajstić information content (AvgIpc) is 1.55. The lowest BCUT2D eigenvalue weighted by Gasteiger charge is -2.11.